The number of rotatable bonds is 1. The van der Waals surface area contributed by atoms with Crippen molar-refractivity contribution < 1.29 is 4.74 Å². The molecule has 2 aliphatic rings. The Morgan fingerprint density at radius 1 is 1.18 bits per heavy atom. The standard InChI is InChI=1S/C8H14N2O/c1-5-6(2)10-8(9-5)7-3-11-4-7/h7-10H,3-4H2,1-2H3. The molecule has 0 spiro atoms. The van der Waals surface area contributed by atoms with Crippen molar-refractivity contribution in [3.05, 3.63) is 11.4 Å². The van der Waals surface area contributed by atoms with E-state index in [1.165, 1.54) is 11.4 Å². The van der Waals surface area contributed by atoms with Gasteiger partial charge in [0, 0.05) is 17.3 Å². The van der Waals surface area contributed by atoms with Crippen LogP contribution in [-0.4, -0.2) is 19.4 Å². The third-order valence-electron chi connectivity index (χ3n) is 2.44. The zero-order chi connectivity index (χ0) is 7.84. The minimum atomic E-state index is 0.420. The molecular weight excluding hydrogens is 140 g/mol. The fraction of sp³-hybridized carbons (Fsp3) is 0.750. The van der Waals surface area contributed by atoms with Crippen LogP contribution in [0.5, 0.6) is 0 Å². The number of hydrogen-bond donors (Lipinski definition) is 2. The Labute approximate surface area is 66.8 Å². The Bertz CT molecular complexity index is 182. The Balaban J connectivity index is 1.92. The maximum atomic E-state index is 5.12. The molecule has 0 unspecified atom stereocenters. The van der Waals surface area contributed by atoms with Gasteiger partial charge in [-0.2, -0.15) is 0 Å². The highest BCUT2D eigenvalue weighted by atomic mass is 16.5. The quantitative estimate of drug-likeness (QED) is 0.573. The lowest BCUT2D eigenvalue weighted by Gasteiger charge is -2.32. The molecule has 0 amide bonds. The van der Waals surface area contributed by atoms with Crippen LogP contribution in [0.2, 0.25) is 0 Å². The Hall–Kier alpha value is -0.700. The highest BCUT2D eigenvalue weighted by Gasteiger charge is 2.31. The third kappa shape index (κ3) is 1.09. The molecule has 1 fully saturated rings. The summed E-state index contributed by atoms with van der Waals surface area (Å²) in [7, 11) is 0. The lowest BCUT2D eigenvalue weighted by molar-refractivity contribution is -0.0499. The van der Waals surface area contributed by atoms with Gasteiger partial charge in [-0.05, 0) is 13.8 Å². The van der Waals surface area contributed by atoms with Crippen molar-refractivity contribution in [3.63, 3.8) is 0 Å². The van der Waals surface area contributed by atoms with Crippen LogP contribution in [0.15, 0.2) is 11.4 Å². The van der Waals surface area contributed by atoms with Gasteiger partial charge in [0.1, 0.15) is 6.17 Å². The van der Waals surface area contributed by atoms with Gasteiger partial charge in [0.05, 0.1) is 13.2 Å². The van der Waals surface area contributed by atoms with E-state index in [4.69, 9.17) is 4.74 Å². The molecule has 0 radical (unpaired) electrons. The average Bonchev–Trinajstić information content (AvgIpc) is 2.08. The molecule has 3 heteroatoms. The maximum Gasteiger partial charge on any atom is 0.103 e. The predicted octanol–water partition coefficient (Wildman–Crippen LogP) is 0.403. The summed E-state index contributed by atoms with van der Waals surface area (Å²) in [5.74, 6) is 0.655. The second-order valence-corrected chi connectivity index (χ2v) is 3.31. The van der Waals surface area contributed by atoms with E-state index in [0.29, 0.717) is 12.1 Å². The number of allylic oxidation sites excluding steroid dienone is 2. The van der Waals surface area contributed by atoms with Crippen LogP contribution in [0.1, 0.15) is 13.8 Å². The third-order valence-corrected chi connectivity index (χ3v) is 2.44. The van der Waals surface area contributed by atoms with Crippen molar-refractivity contribution in [1.82, 2.24) is 10.6 Å². The van der Waals surface area contributed by atoms with Gasteiger partial charge in [0.2, 0.25) is 0 Å². The van der Waals surface area contributed by atoms with Gasteiger partial charge in [0.25, 0.3) is 0 Å². The first-order valence-corrected chi connectivity index (χ1v) is 4.05. The summed E-state index contributed by atoms with van der Waals surface area (Å²) in [6.07, 6.45) is 0.420. The molecule has 2 heterocycles. The average molecular weight is 154 g/mol. The van der Waals surface area contributed by atoms with E-state index in [1.54, 1.807) is 0 Å². The van der Waals surface area contributed by atoms with E-state index < -0.39 is 0 Å². The Morgan fingerprint density at radius 2 is 1.73 bits per heavy atom. The molecule has 0 aromatic heterocycles. The zero-order valence-corrected chi connectivity index (χ0v) is 6.98. The first-order valence-electron chi connectivity index (χ1n) is 4.05. The molecule has 2 aliphatic heterocycles. The van der Waals surface area contributed by atoms with E-state index in [0.717, 1.165) is 13.2 Å². The van der Waals surface area contributed by atoms with Crippen LogP contribution in [0.3, 0.4) is 0 Å². The van der Waals surface area contributed by atoms with Gasteiger partial charge < -0.3 is 15.4 Å². The van der Waals surface area contributed by atoms with Gasteiger partial charge in [-0.15, -0.1) is 0 Å². The lowest BCUT2D eigenvalue weighted by Crippen LogP contribution is -2.49. The molecule has 0 atom stereocenters. The summed E-state index contributed by atoms with van der Waals surface area (Å²) in [4.78, 5) is 0. The molecule has 0 saturated carbocycles. The van der Waals surface area contributed by atoms with Crippen molar-refractivity contribution in [2.24, 2.45) is 5.92 Å². The zero-order valence-electron chi connectivity index (χ0n) is 6.98. The molecule has 0 bridgehead atoms. The topological polar surface area (TPSA) is 33.3 Å². The van der Waals surface area contributed by atoms with Gasteiger partial charge in [-0.25, -0.2) is 0 Å². The summed E-state index contributed by atoms with van der Waals surface area (Å²) in [6, 6.07) is 0. The van der Waals surface area contributed by atoms with E-state index in [9.17, 15) is 0 Å². The van der Waals surface area contributed by atoms with Crippen LogP contribution in [0.4, 0.5) is 0 Å². The predicted molar refractivity (Wildman–Crippen MR) is 42.7 cm³/mol. The minimum Gasteiger partial charge on any atom is -0.380 e. The van der Waals surface area contributed by atoms with E-state index in [-0.39, 0.29) is 0 Å². The summed E-state index contributed by atoms with van der Waals surface area (Å²) >= 11 is 0. The smallest absolute Gasteiger partial charge is 0.103 e. The molecule has 3 nitrogen and oxygen atoms in total. The molecule has 0 aliphatic carbocycles. The van der Waals surface area contributed by atoms with Gasteiger partial charge in [0.15, 0.2) is 0 Å². The normalized spacial score (nSPS) is 26.4. The Kier molecular flexibility index (Phi) is 1.53. The van der Waals surface area contributed by atoms with E-state index >= 15 is 0 Å². The van der Waals surface area contributed by atoms with Gasteiger partial charge in [-0.3, -0.25) is 0 Å². The van der Waals surface area contributed by atoms with Crippen LogP contribution in [0.25, 0.3) is 0 Å². The monoisotopic (exact) mass is 154 g/mol. The van der Waals surface area contributed by atoms with Crippen LogP contribution < -0.4 is 10.6 Å². The fourth-order valence-corrected chi connectivity index (χ4v) is 1.40. The molecule has 0 aromatic rings. The van der Waals surface area contributed by atoms with Gasteiger partial charge in [-0.1, -0.05) is 0 Å². The highest BCUT2D eigenvalue weighted by molar-refractivity contribution is 5.14. The van der Waals surface area contributed by atoms with Crippen LogP contribution >= 0.6 is 0 Å². The highest BCUT2D eigenvalue weighted by Crippen LogP contribution is 2.19. The molecule has 11 heavy (non-hydrogen) atoms. The second kappa shape index (κ2) is 2.41. The molecule has 1 saturated heterocycles. The first-order chi connectivity index (χ1) is 5.27. The van der Waals surface area contributed by atoms with Crippen molar-refractivity contribution in [1.29, 1.82) is 0 Å². The molecule has 2 rings (SSSR count). The summed E-state index contributed by atoms with van der Waals surface area (Å²) in [5.41, 5.74) is 2.53. The largest absolute Gasteiger partial charge is 0.380 e. The number of hydrogen-bond acceptors (Lipinski definition) is 3. The van der Waals surface area contributed by atoms with E-state index in [2.05, 4.69) is 24.5 Å². The first kappa shape index (κ1) is 6.98. The van der Waals surface area contributed by atoms with Crippen LogP contribution in [-0.2, 0) is 4.74 Å². The van der Waals surface area contributed by atoms with Crippen molar-refractivity contribution in [2.75, 3.05) is 13.2 Å². The van der Waals surface area contributed by atoms with E-state index in [1.807, 2.05) is 0 Å². The maximum absolute atomic E-state index is 5.12. The number of nitrogens with one attached hydrogen (secondary N) is 2. The molecule has 2 N–H and O–H groups in total. The van der Waals surface area contributed by atoms with Gasteiger partial charge >= 0.3 is 0 Å². The van der Waals surface area contributed by atoms with Crippen molar-refractivity contribution in [3.8, 4) is 0 Å². The number of ether oxygens (including phenoxy) is 1. The second-order valence-electron chi connectivity index (χ2n) is 3.31. The molecule has 0 aromatic carbocycles. The van der Waals surface area contributed by atoms with Crippen molar-refractivity contribution in [2.45, 2.75) is 20.0 Å². The minimum absolute atomic E-state index is 0.420. The van der Waals surface area contributed by atoms with Crippen molar-refractivity contribution >= 4 is 0 Å². The summed E-state index contributed by atoms with van der Waals surface area (Å²) in [6.45, 7) is 5.99. The molecule has 62 valence electrons. The fourth-order valence-electron chi connectivity index (χ4n) is 1.40. The SMILES string of the molecule is CC1=C(C)NC(C2COC2)N1. The summed E-state index contributed by atoms with van der Waals surface area (Å²) < 4.78 is 5.12. The lowest BCUT2D eigenvalue weighted by atomic mass is 10.1. The van der Waals surface area contributed by atoms with Crippen LogP contribution in [0, 0.1) is 5.92 Å². The Morgan fingerprint density at radius 3 is 2.09 bits per heavy atom. The molecular formula is C8H14N2O. The summed E-state index contributed by atoms with van der Waals surface area (Å²) in [5, 5.41) is 6.79.